The maximum atomic E-state index is 12.2. The molecular formula is C20H19N3O4S. The Kier molecular flexibility index (Phi) is 5.70. The van der Waals surface area contributed by atoms with Gasteiger partial charge < -0.3 is 4.74 Å². The summed E-state index contributed by atoms with van der Waals surface area (Å²) in [6.45, 7) is 4.25. The highest BCUT2D eigenvalue weighted by Crippen LogP contribution is 2.36. The van der Waals surface area contributed by atoms with Crippen LogP contribution in [0.5, 0.6) is 5.75 Å². The van der Waals surface area contributed by atoms with Crippen molar-refractivity contribution in [2.45, 2.75) is 19.8 Å². The number of amides is 1. The maximum absolute atomic E-state index is 12.2. The molecule has 0 bridgehead atoms. The van der Waals surface area contributed by atoms with Crippen LogP contribution in [0.3, 0.4) is 0 Å². The molecular weight excluding hydrogens is 378 g/mol. The number of fused-ring (bicyclic) bond motifs is 1. The average Bonchev–Trinajstić information content (AvgIpc) is 3.08. The smallest absolute Gasteiger partial charge is 0.274 e. The van der Waals surface area contributed by atoms with Crippen LogP contribution in [0.25, 0.3) is 16.3 Å². The number of nitro benzene ring substituents is 1. The number of ether oxygens (including phenoxy) is 1. The molecule has 1 N–H and O–H groups in total. The van der Waals surface area contributed by atoms with Crippen LogP contribution in [-0.2, 0) is 4.79 Å². The largest absolute Gasteiger partial charge is 0.494 e. The van der Waals surface area contributed by atoms with Gasteiger partial charge in [0.25, 0.3) is 5.69 Å². The number of thiazole rings is 1. The summed E-state index contributed by atoms with van der Waals surface area (Å²) in [7, 11) is 1.42. The number of non-ortho nitro benzene ring substituents is 1. The first kappa shape index (κ1) is 19.5. The molecule has 0 aliphatic rings. The lowest BCUT2D eigenvalue weighted by Gasteiger charge is -2.04. The molecule has 7 nitrogen and oxygen atoms in total. The first-order chi connectivity index (χ1) is 13.4. The molecule has 2 aromatic carbocycles. The third-order valence-electron chi connectivity index (χ3n) is 4.14. The summed E-state index contributed by atoms with van der Waals surface area (Å²) >= 11 is 1.15. The molecule has 3 rings (SSSR count). The topological polar surface area (TPSA) is 94.4 Å². The number of anilines is 1. The van der Waals surface area contributed by atoms with E-state index in [0.717, 1.165) is 16.9 Å². The van der Waals surface area contributed by atoms with E-state index in [1.165, 1.54) is 30.9 Å². The van der Waals surface area contributed by atoms with Gasteiger partial charge in [-0.3, -0.25) is 20.2 Å². The van der Waals surface area contributed by atoms with Crippen molar-refractivity contribution in [3.63, 3.8) is 0 Å². The van der Waals surface area contributed by atoms with E-state index < -0.39 is 4.92 Å². The van der Waals surface area contributed by atoms with Crippen molar-refractivity contribution in [2.24, 2.45) is 0 Å². The molecule has 1 amide bonds. The molecule has 1 aromatic heterocycles. The van der Waals surface area contributed by atoms with Gasteiger partial charge in [0.15, 0.2) is 10.9 Å². The normalized spacial score (nSPS) is 11.3. The third kappa shape index (κ3) is 4.34. The van der Waals surface area contributed by atoms with Gasteiger partial charge in [-0.05, 0) is 23.1 Å². The molecule has 0 aliphatic carbocycles. The summed E-state index contributed by atoms with van der Waals surface area (Å²) in [5.74, 6) is 0.412. The van der Waals surface area contributed by atoms with Gasteiger partial charge in [0, 0.05) is 12.1 Å². The van der Waals surface area contributed by atoms with Gasteiger partial charge in [-0.15, -0.1) is 0 Å². The number of nitro groups is 1. The first-order valence-electron chi connectivity index (χ1n) is 8.59. The molecule has 144 valence electrons. The van der Waals surface area contributed by atoms with Crippen molar-refractivity contribution in [3.8, 4) is 5.75 Å². The van der Waals surface area contributed by atoms with E-state index in [4.69, 9.17) is 4.74 Å². The van der Waals surface area contributed by atoms with E-state index in [9.17, 15) is 14.9 Å². The minimum atomic E-state index is -0.493. The molecule has 8 heteroatoms. The number of hydrogen-bond donors (Lipinski definition) is 1. The molecule has 0 saturated carbocycles. The fourth-order valence-corrected chi connectivity index (χ4v) is 3.53. The van der Waals surface area contributed by atoms with Crippen molar-refractivity contribution in [1.82, 2.24) is 4.98 Å². The van der Waals surface area contributed by atoms with Crippen LogP contribution in [0, 0.1) is 10.1 Å². The Morgan fingerprint density at radius 2 is 2.00 bits per heavy atom. The second kappa shape index (κ2) is 8.18. The summed E-state index contributed by atoms with van der Waals surface area (Å²) in [6.07, 6.45) is 3.15. The summed E-state index contributed by atoms with van der Waals surface area (Å²) in [5, 5.41) is 14.1. The summed E-state index contributed by atoms with van der Waals surface area (Å²) < 4.78 is 5.75. The van der Waals surface area contributed by atoms with Gasteiger partial charge >= 0.3 is 0 Å². The Hall–Kier alpha value is -3.26. The number of carbonyl (C=O) groups excluding carboxylic acids is 1. The van der Waals surface area contributed by atoms with Crippen molar-refractivity contribution in [3.05, 3.63) is 63.7 Å². The molecule has 0 radical (unpaired) electrons. The number of nitrogens with one attached hydrogen (secondary N) is 1. The summed E-state index contributed by atoms with van der Waals surface area (Å²) in [5.41, 5.74) is 2.54. The van der Waals surface area contributed by atoms with Crippen molar-refractivity contribution < 1.29 is 14.5 Å². The Morgan fingerprint density at radius 1 is 1.29 bits per heavy atom. The minimum Gasteiger partial charge on any atom is -0.494 e. The van der Waals surface area contributed by atoms with E-state index in [1.807, 2.05) is 24.3 Å². The molecule has 0 aliphatic heterocycles. The fraction of sp³-hybridized carbons (Fsp3) is 0.200. The van der Waals surface area contributed by atoms with E-state index in [2.05, 4.69) is 24.1 Å². The number of aromatic nitrogens is 1. The Balaban J connectivity index is 1.76. The predicted molar refractivity (Wildman–Crippen MR) is 111 cm³/mol. The van der Waals surface area contributed by atoms with Gasteiger partial charge in [-0.2, -0.15) is 0 Å². The van der Waals surface area contributed by atoms with Crippen LogP contribution in [0.15, 0.2) is 42.5 Å². The zero-order valence-corrected chi connectivity index (χ0v) is 16.4. The lowest BCUT2D eigenvalue weighted by molar-refractivity contribution is -0.384. The highest BCUT2D eigenvalue weighted by molar-refractivity contribution is 7.22. The Morgan fingerprint density at radius 3 is 2.61 bits per heavy atom. The van der Waals surface area contributed by atoms with Crippen LogP contribution in [0.1, 0.15) is 30.9 Å². The van der Waals surface area contributed by atoms with E-state index in [-0.39, 0.29) is 11.6 Å². The second-order valence-electron chi connectivity index (χ2n) is 6.41. The zero-order valence-electron chi connectivity index (χ0n) is 15.6. The number of methoxy groups -OCH3 is 1. The minimum absolute atomic E-state index is 0.0874. The Bertz CT molecular complexity index is 1060. The number of carbonyl (C=O) groups is 1. The zero-order chi connectivity index (χ0) is 20.3. The van der Waals surface area contributed by atoms with E-state index in [0.29, 0.717) is 27.0 Å². The van der Waals surface area contributed by atoms with Crippen molar-refractivity contribution in [1.29, 1.82) is 0 Å². The molecule has 28 heavy (non-hydrogen) atoms. The average molecular weight is 397 g/mol. The third-order valence-corrected chi connectivity index (χ3v) is 5.05. The van der Waals surface area contributed by atoms with Gasteiger partial charge in [-0.1, -0.05) is 49.4 Å². The van der Waals surface area contributed by atoms with E-state index in [1.54, 1.807) is 6.08 Å². The molecule has 0 spiro atoms. The lowest BCUT2D eigenvalue weighted by atomic mass is 10.0. The van der Waals surface area contributed by atoms with Crippen molar-refractivity contribution >= 4 is 44.4 Å². The maximum Gasteiger partial charge on any atom is 0.274 e. The molecule has 0 unspecified atom stereocenters. The number of rotatable bonds is 6. The van der Waals surface area contributed by atoms with Gasteiger partial charge in [0.05, 0.1) is 22.8 Å². The summed E-state index contributed by atoms with van der Waals surface area (Å²) in [6, 6.07) is 10.7. The van der Waals surface area contributed by atoms with Crippen LogP contribution in [-0.4, -0.2) is 22.9 Å². The van der Waals surface area contributed by atoms with Crippen LogP contribution < -0.4 is 10.1 Å². The predicted octanol–water partition coefficient (Wildman–Crippen LogP) is 4.99. The van der Waals surface area contributed by atoms with Crippen LogP contribution >= 0.6 is 11.3 Å². The van der Waals surface area contributed by atoms with Crippen LogP contribution in [0.4, 0.5) is 10.8 Å². The monoisotopic (exact) mass is 397 g/mol. The quantitative estimate of drug-likeness (QED) is 0.359. The first-order valence-corrected chi connectivity index (χ1v) is 9.41. The van der Waals surface area contributed by atoms with Gasteiger partial charge in [0.2, 0.25) is 5.91 Å². The number of hydrogen-bond acceptors (Lipinski definition) is 6. The van der Waals surface area contributed by atoms with Crippen molar-refractivity contribution in [2.75, 3.05) is 12.4 Å². The highest BCUT2D eigenvalue weighted by Gasteiger charge is 2.16. The number of nitrogens with zero attached hydrogens (tertiary/aromatic N) is 2. The summed E-state index contributed by atoms with van der Waals surface area (Å²) in [4.78, 5) is 27.0. The Labute approximate surface area is 165 Å². The highest BCUT2D eigenvalue weighted by atomic mass is 32.1. The molecule has 0 atom stereocenters. The second-order valence-corrected chi connectivity index (χ2v) is 7.45. The standard InChI is InChI=1S/C20H19N3O4S/c1-12(2)14-7-4-13(5-8-14)6-9-18(24)21-20-22-19-16(27-3)10-15(23(25)26)11-17(19)28-20/h4-12H,1-3H3,(H,21,22,24)/b9-6+. The fourth-order valence-electron chi connectivity index (χ4n) is 2.61. The molecule has 0 saturated heterocycles. The molecule has 1 heterocycles. The molecule has 0 fully saturated rings. The van der Waals surface area contributed by atoms with Crippen LogP contribution in [0.2, 0.25) is 0 Å². The number of benzene rings is 2. The lowest BCUT2D eigenvalue weighted by Crippen LogP contribution is -2.07. The SMILES string of the molecule is COc1cc([N+](=O)[O-])cc2sc(NC(=O)/C=C/c3ccc(C(C)C)cc3)nc12. The molecule has 3 aromatic rings. The van der Waals surface area contributed by atoms with E-state index >= 15 is 0 Å². The van der Waals surface area contributed by atoms with Gasteiger partial charge in [0.1, 0.15) is 5.52 Å². The van der Waals surface area contributed by atoms with Gasteiger partial charge in [-0.25, -0.2) is 4.98 Å².